The zero-order valence-corrected chi connectivity index (χ0v) is 20.5. The lowest BCUT2D eigenvalue weighted by molar-refractivity contribution is 0.0698. The summed E-state index contributed by atoms with van der Waals surface area (Å²) in [7, 11) is 3.50. The van der Waals surface area contributed by atoms with Crippen molar-refractivity contribution in [2.45, 2.75) is 43.9 Å². The second-order valence-electron chi connectivity index (χ2n) is 7.72. The van der Waals surface area contributed by atoms with Gasteiger partial charge in [0.1, 0.15) is 0 Å². The van der Waals surface area contributed by atoms with Gasteiger partial charge in [-0.05, 0) is 37.0 Å². The van der Waals surface area contributed by atoms with Gasteiger partial charge in [-0.15, -0.1) is 24.0 Å². The quantitative estimate of drug-likeness (QED) is 0.208. The summed E-state index contributed by atoms with van der Waals surface area (Å²) >= 11 is 0. The predicted molar refractivity (Wildman–Crippen MR) is 129 cm³/mol. The van der Waals surface area contributed by atoms with Gasteiger partial charge in [0.15, 0.2) is 17.5 Å². The van der Waals surface area contributed by atoms with Crippen LogP contribution >= 0.6 is 24.0 Å². The van der Waals surface area contributed by atoms with E-state index in [2.05, 4.69) is 27.8 Å². The molecular formula is C22H36IN3O4. The number of methoxy groups -OCH3 is 1. The highest BCUT2D eigenvalue weighted by Crippen LogP contribution is 2.43. The highest BCUT2D eigenvalue weighted by Gasteiger charge is 2.35. The van der Waals surface area contributed by atoms with Crippen molar-refractivity contribution in [1.29, 1.82) is 0 Å². The van der Waals surface area contributed by atoms with E-state index in [1.165, 1.54) is 37.7 Å². The number of guanidine groups is 1. The minimum Gasteiger partial charge on any atom is -0.454 e. The molecule has 1 aliphatic carbocycles. The molecule has 0 saturated heterocycles. The van der Waals surface area contributed by atoms with Gasteiger partial charge in [0.05, 0.1) is 13.2 Å². The zero-order chi connectivity index (χ0) is 20.4. The van der Waals surface area contributed by atoms with Gasteiger partial charge >= 0.3 is 0 Å². The third-order valence-corrected chi connectivity index (χ3v) is 5.80. The molecule has 0 amide bonds. The fourth-order valence-corrected chi connectivity index (χ4v) is 4.12. The van der Waals surface area contributed by atoms with Crippen LogP contribution in [0, 0.1) is 0 Å². The minimum absolute atomic E-state index is 0. The summed E-state index contributed by atoms with van der Waals surface area (Å²) in [6.45, 7) is 3.99. The molecular weight excluding hydrogens is 497 g/mol. The molecule has 3 rings (SSSR count). The molecule has 0 atom stereocenters. The minimum atomic E-state index is 0. The maximum absolute atomic E-state index is 5.62. The number of halogens is 1. The highest BCUT2D eigenvalue weighted by molar-refractivity contribution is 14.0. The highest BCUT2D eigenvalue weighted by atomic mass is 127. The topological polar surface area (TPSA) is 73.3 Å². The third kappa shape index (κ3) is 6.88. The summed E-state index contributed by atoms with van der Waals surface area (Å²) in [5.74, 6) is 2.55. The lowest BCUT2D eigenvalue weighted by Gasteiger charge is -2.38. The lowest BCUT2D eigenvalue weighted by atomic mass is 9.69. The Morgan fingerprint density at radius 1 is 1.07 bits per heavy atom. The molecule has 0 bridgehead atoms. The lowest BCUT2D eigenvalue weighted by Crippen LogP contribution is -2.46. The smallest absolute Gasteiger partial charge is 0.231 e. The van der Waals surface area contributed by atoms with Gasteiger partial charge in [-0.25, -0.2) is 0 Å². The van der Waals surface area contributed by atoms with Crippen LogP contribution in [-0.4, -0.2) is 59.8 Å². The van der Waals surface area contributed by atoms with Gasteiger partial charge < -0.3 is 29.6 Å². The molecule has 7 nitrogen and oxygen atoms in total. The summed E-state index contributed by atoms with van der Waals surface area (Å²) in [6.07, 6.45) is 7.08. The van der Waals surface area contributed by atoms with Crippen molar-refractivity contribution in [3.05, 3.63) is 23.8 Å². The fourth-order valence-electron chi connectivity index (χ4n) is 4.12. The summed E-state index contributed by atoms with van der Waals surface area (Å²) in [4.78, 5) is 4.39. The molecule has 0 spiro atoms. The maximum atomic E-state index is 5.62. The first kappa shape index (κ1) is 25.0. The molecule has 2 aliphatic rings. The van der Waals surface area contributed by atoms with Crippen LogP contribution in [-0.2, 0) is 14.9 Å². The number of ether oxygens (including phenoxy) is 4. The van der Waals surface area contributed by atoms with Crippen LogP contribution < -0.4 is 20.1 Å². The van der Waals surface area contributed by atoms with Gasteiger partial charge in [0, 0.05) is 39.3 Å². The number of fused-ring (bicyclic) bond motifs is 1. The standard InChI is InChI=1S/C22H35N3O4.HI/c1-23-21(24-11-6-12-27-14-13-26-2)25-16-22(9-4-3-5-10-22)18-7-8-19-20(15-18)29-17-28-19;/h7-8,15H,3-6,9-14,16-17H2,1-2H3,(H2,23,24,25);1H. The Labute approximate surface area is 197 Å². The molecule has 8 heteroatoms. The summed E-state index contributed by atoms with van der Waals surface area (Å²) < 4.78 is 21.6. The summed E-state index contributed by atoms with van der Waals surface area (Å²) in [6, 6.07) is 6.42. The van der Waals surface area contributed by atoms with Gasteiger partial charge in [-0.3, -0.25) is 4.99 Å². The molecule has 30 heavy (non-hydrogen) atoms. The van der Waals surface area contributed by atoms with E-state index in [4.69, 9.17) is 18.9 Å². The van der Waals surface area contributed by atoms with Crippen LogP contribution in [0.2, 0.25) is 0 Å². The van der Waals surface area contributed by atoms with E-state index in [1.807, 2.05) is 13.1 Å². The number of hydrogen-bond acceptors (Lipinski definition) is 5. The number of rotatable bonds is 10. The maximum Gasteiger partial charge on any atom is 0.231 e. The molecule has 0 unspecified atom stereocenters. The molecule has 1 heterocycles. The van der Waals surface area contributed by atoms with Crippen molar-refractivity contribution in [3.63, 3.8) is 0 Å². The van der Waals surface area contributed by atoms with Crippen LogP contribution in [0.3, 0.4) is 0 Å². The molecule has 2 N–H and O–H groups in total. The Balaban J connectivity index is 0.00000320. The molecule has 0 aromatic heterocycles. The largest absolute Gasteiger partial charge is 0.454 e. The average molecular weight is 533 g/mol. The number of aliphatic imine (C=N–C) groups is 1. The van der Waals surface area contributed by atoms with Crippen molar-refractivity contribution in [2.75, 3.05) is 53.9 Å². The normalized spacial score (nSPS) is 17.3. The Morgan fingerprint density at radius 3 is 2.63 bits per heavy atom. The van der Waals surface area contributed by atoms with E-state index in [0.29, 0.717) is 26.6 Å². The number of nitrogens with one attached hydrogen (secondary N) is 2. The molecule has 1 aliphatic heterocycles. The molecule has 0 radical (unpaired) electrons. The van der Waals surface area contributed by atoms with Crippen molar-refractivity contribution < 1.29 is 18.9 Å². The number of hydrogen-bond donors (Lipinski definition) is 2. The Morgan fingerprint density at radius 2 is 1.87 bits per heavy atom. The number of benzene rings is 1. The zero-order valence-electron chi connectivity index (χ0n) is 18.2. The average Bonchev–Trinajstić information content (AvgIpc) is 3.24. The van der Waals surface area contributed by atoms with Gasteiger partial charge in [0.25, 0.3) is 0 Å². The van der Waals surface area contributed by atoms with Crippen molar-refractivity contribution in [1.82, 2.24) is 10.6 Å². The van der Waals surface area contributed by atoms with E-state index >= 15 is 0 Å². The first-order chi connectivity index (χ1) is 14.3. The van der Waals surface area contributed by atoms with Crippen LogP contribution in [0.25, 0.3) is 0 Å². The summed E-state index contributed by atoms with van der Waals surface area (Å²) in [5.41, 5.74) is 1.43. The van der Waals surface area contributed by atoms with Crippen molar-refractivity contribution >= 4 is 29.9 Å². The Bertz CT molecular complexity index is 666. The van der Waals surface area contributed by atoms with Crippen LogP contribution in [0.4, 0.5) is 0 Å². The van der Waals surface area contributed by atoms with E-state index in [1.54, 1.807) is 7.11 Å². The Hall–Kier alpha value is -1.26. The number of nitrogens with zero attached hydrogens (tertiary/aromatic N) is 1. The van der Waals surface area contributed by atoms with Crippen molar-refractivity contribution in [2.24, 2.45) is 4.99 Å². The molecule has 1 aromatic carbocycles. The fraction of sp³-hybridized carbons (Fsp3) is 0.682. The molecule has 1 saturated carbocycles. The SMILES string of the molecule is CN=C(NCCCOCCOC)NCC1(c2ccc3c(c2)OCO3)CCCCC1.I. The van der Waals surface area contributed by atoms with Crippen LogP contribution in [0.5, 0.6) is 11.5 Å². The summed E-state index contributed by atoms with van der Waals surface area (Å²) in [5, 5.41) is 6.96. The van der Waals surface area contributed by atoms with Crippen molar-refractivity contribution in [3.8, 4) is 11.5 Å². The van der Waals surface area contributed by atoms with E-state index in [-0.39, 0.29) is 29.4 Å². The third-order valence-electron chi connectivity index (χ3n) is 5.80. The van der Waals surface area contributed by atoms with Gasteiger partial charge in [-0.2, -0.15) is 0 Å². The van der Waals surface area contributed by atoms with Crippen LogP contribution in [0.15, 0.2) is 23.2 Å². The molecule has 1 fully saturated rings. The second-order valence-corrected chi connectivity index (χ2v) is 7.72. The monoisotopic (exact) mass is 533 g/mol. The Kier molecular flexibility index (Phi) is 11.0. The van der Waals surface area contributed by atoms with E-state index in [9.17, 15) is 0 Å². The second kappa shape index (κ2) is 13.2. The van der Waals surface area contributed by atoms with E-state index in [0.717, 1.165) is 37.0 Å². The van der Waals surface area contributed by atoms with Gasteiger partial charge in [-0.1, -0.05) is 25.3 Å². The van der Waals surface area contributed by atoms with Crippen LogP contribution in [0.1, 0.15) is 44.1 Å². The first-order valence-corrected chi connectivity index (χ1v) is 10.7. The predicted octanol–water partition coefficient (Wildman–Crippen LogP) is 3.45. The first-order valence-electron chi connectivity index (χ1n) is 10.7. The van der Waals surface area contributed by atoms with E-state index < -0.39 is 0 Å². The van der Waals surface area contributed by atoms with Gasteiger partial charge in [0.2, 0.25) is 6.79 Å². The molecule has 1 aromatic rings. The molecule has 170 valence electrons.